The summed E-state index contributed by atoms with van der Waals surface area (Å²) in [5.41, 5.74) is 7.81. The smallest absolute Gasteiger partial charge is 0.140 e. The van der Waals surface area contributed by atoms with Crippen molar-refractivity contribution in [2.45, 2.75) is 26.2 Å². The first-order chi connectivity index (χ1) is 7.19. The summed E-state index contributed by atoms with van der Waals surface area (Å²) in [4.78, 5) is 0. The maximum absolute atomic E-state index is 6.10. The number of halogens is 1. The van der Waals surface area contributed by atoms with Crippen LogP contribution in [0, 0.1) is 6.92 Å². The van der Waals surface area contributed by atoms with Gasteiger partial charge in [-0.15, -0.1) is 0 Å². The van der Waals surface area contributed by atoms with Crippen LogP contribution in [0.15, 0.2) is 12.1 Å². The average molecular weight is 228 g/mol. The van der Waals surface area contributed by atoms with Crippen molar-refractivity contribution in [3.8, 4) is 5.75 Å². The highest BCUT2D eigenvalue weighted by Gasteiger charge is 2.08. The Morgan fingerprint density at radius 3 is 2.67 bits per heavy atom. The van der Waals surface area contributed by atoms with E-state index in [1.54, 1.807) is 7.11 Å². The zero-order valence-corrected chi connectivity index (χ0v) is 10.1. The first kappa shape index (κ1) is 12.3. The van der Waals surface area contributed by atoms with Crippen LogP contribution >= 0.6 is 11.6 Å². The number of methoxy groups -OCH3 is 1. The first-order valence-electron chi connectivity index (χ1n) is 5.22. The fourth-order valence-electron chi connectivity index (χ4n) is 1.67. The van der Waals surface area contributed by atoms with E-state index in [0.29, 0.717) is 5.02 Å². The molecule has 0 atom stereocenters. The summed E-state index contributed by atoms with van der Waals surface area (Å²) in [5, 5.41) is 0.695. The van der Waals surface area contributed by atoms with Gasteiger partial charge in [0.2, 0.25) is 0 Å². The summed E-state index contributed by atoms with van der Waals surface area (Å²) < 4.78 is 5.30. The van der Waals surface area contributed by atoms with E-state index in [4.69, 9.17) is 22.1 Å². The first-order valence-corrected chi connectivity index (χ1v) is 5.60. The minimum Gasteiger partial charge on any atom is -0.495 e. The molecule has 0 heterocycles. The molecule has 0 aliphatic rings. The van der Waals surface area contributed by atoms with Gasteiger partial charge in [-0.3, -0.25) is 0 Å². The van der Waals surface area contributed by atoms with Gasteiger partial charge >= 0.3 is 0 Å². The van der Waals surface area contributed by atoms with Crippen LogP contribution in [0.1, 0.15) is 24.0 Å². The number of hydrogen-bond acceptors (Lipinski definition) is 2. The summed E-state index contributed by atoms with van der Waals surface area (Å²) in [6, 6.07) is 4.05. The second-order valence-corrected chi connectivity index (χ2v) is 4.09. The van der Waals surface area contributed by atoms with Crippen molar-refractivity contribution in [1.82, 2.24) is 0 Å². The highest BCUT2D eigenvalue weighted by Crippen LogP contribution is 2.30. The van der Waals surface area contributed by atoms with Crippen LogP contribution in [-0.4, -0.2) is 13.7 Å². The lowest BCUT2D eigenvalue weighted by Gasteiger charge is -2.11. The molecule has 1 rings (SSSR count). The van der Waals surface area contributed by atoms with Gasteiger partial charge in [-0.05, 0) is 49.9 Å². The number of ether oxygens (including phenoxy) is 1. The maximum atomic E-state index is 6.10. The third-order valence-electron chi connectivity index (χ3n) is 2.37. The van der Waals surface area contributed by atoms with Crippen molar-refractivity contribution in [3.05, 3.63) is 28.3 Å². The molecular weight excluding hydrogens is 210 g/mol. The van der Waals surface area contributed by atoms with E-state index < -0.39 is 0 Å². The number of aryl methyl sites for hydroxylation is 2. The van der Waals surface area contributed by atoms with Gasteiger partial charge in [0.15, 0.2) is 0 Å². The molecule has 1 aromatic rings. The third kappa shape index (κ3) is 3.40. The number of hydrogen-bond donors (Lipinski definition) is 1. The molecule has 0 aliphatic heterocycles. The average Bonchev–Trinajstić information content (AvgIpc) is 2.17. The Bertz CT molecular complexity index is 326. The van der Waals surface area contributed by atoms with Crippen molar-refractivity contribution < 1.29 is 4.74 Å². The van der Waals surface area contributed by atoms with Crippen molar-refractivity contribution in [2.24, 2.45) is 5.73 Å². The van der Waals surface area contributed by atoms with Crippen LogP contribution in [0.25, 0.3) is 0 Å². The fraction of sp³-hybridized carbons (Fsp3) is 0.500. The molecule has 0 aromatic heterocycles. The number of unbranched alkanes of at least 4 members (excludes halogenated alkanes) is 1. The Morgan fingerprint density at radius 2 is 2.07 bits per heavy atom. The highest BCUT2D eigenvalue weighted by molar-refractivity contribution is 6.32. The van der Waals surface area contributed by atoms with E-state index >= 15 is 0 Å². The van der Waals surface area contributed by atoms with E-state index in [0.717, 1.165) is 31.6 Å². The molecule has 0 saturated carbocycles. The molecule has 0 radical (unpaired) electrons. The van der Waals surface area contributed by atoms with Gasteiger partial charge in [0.25, 0.3) is 0 Å². The predicted octanol–water partition coefficient (Wildman–Crippen LogP) is 2.94. The zero-order valence-electron chi connectivity index (χ0n) is 9.35. The minimum atomic E-state index is 0.695. The topological polar surface area (TPSA) is 35.2 Å². The molecule has 84 valence electrons. The Balaban J connectivity index is 2.84. The summed E-state index contributed by atoms with van der Waals surface area (Å²) in [6.07, 6.45) is 3.09. The molecule has 0 aliphatic carbocycles. The molecule has 15 heavy (non-hydrogen) atoms. The molecule has 0 spiro atoms. The largest absolute Gasteiger partial charge is 0.495 e. The van der Waals surface area contributed by atoms with Crippen LogP contribution in [0.4, 0.5) is 0 Å². The molecule has 2 nitrogen and oxygen atoms in total. The van der Waals surface area contributed by atoms with E-state index in [1.807, 2.05) is 13.0 Å². The van der Waals surface area contributed by atoms with Crippen molar-refractivity contribution in [2.75, 3.05) is 13.7 Å². The molecule has 0 fully saturated rings. The van der Waals surface area contributed by atoms with Gasteiger partial charge in [0.05, 0.1) is 12.1 Å². The number of benzene rings is 1. The zero-order chi connectivity index (χ0) is 11.3. The maximum Gasteiger partial charge on any atom is 0.140 e. The minimum absolute atomic E-state index is 0.695. The summed E-state index contributed by atoms with van der Waals surface area (Å²) in [5.74, 6) is 0.805. The monoisotopic (exact) mass is 227 g/mol. The van der Waals surface area contributed by atoms with Crippen molar-refractivity contribution >= 4 is 11.6 Å². The van der Waals surface area contributed by atoms with E-state index in [-0.39, 0.29) is 0 Å². The van der Waals surface area contributed by atoms with Crippen LogP contribution in [0.5, 0.6) is 5.75 Å². The lowest BCUT2D eigenvalue weighted by Crippen LogP contribution is -2.00. The van der Waals surface area contributed by atoms with Crippen molar-refractivity contribution in [3.63, 3.8) is 0 Å². The molecule has 0 amide bonds. The van der Waals surface area contributed by atoms with Crippen LogP contribution in [0.3, 0.4) is 0 Å². The van der Waals surface area contributed by atoms with Gasteiger partial charge in [0.1, 0.15) is 5.75 Å². The van der Waals surface area contributed by atoms with Gasteiger partial charge in [-0.1, -0.05) is 17.7 Å². The van der Waals surface area contributed by atoms with Crippen LogP contribution in [-0.2, 0) is 6.42 Å². The Morgan fingerprint density at radius 1 is 1.33 bits per heavy atom. The summed E-state index contributed by atoms with van der Waals surface area (Å²) >= 11 is 6.10. The summed E-state index contributed by atoms with van der Waals surface area (Å²) in [6.45, 7) is 2.78. The number of nitrogens with two attached hydrogens (primary N) is 1. The molecule has 3 heteroatoms. The molecule has 0 bridgehead atoms. The van der Waals surface area contributed by atoms with E-state index in [1.165, 1.54) is 11.1 Å². The lowest BCUT2D eigenvalue weighted by molar-refractivity contribution is 0.409. The van der Waals surface area contributed by atoms with Gasteiger partial charge in [-0.25, -0.2) is 0 Å². The second kappa shape index (κ2) is 5.99. The van der Waals surface area contributed by atoms with Gasteiger partial charge < -0.3 is 10.5 Å². The lowest BCUT2D eigenvalue weighted by atomic mass is 10.0. The van der Waals surface area contributed by atoms with Gasteiger partial charge in [0, 0.05) is 0 Å². The normalized spacial score (nSPS) is 10.4. The van der Waals surface area contributed by atoms with Crippen molar-refractivity contribution in [1.29, 1.82) is 0 Å². The molecule has 2 N–H and O–H groups in total. The Kier molecular flexibility index (Phi) is 4.92. The molecule has 0 saturated heterocycles. The van der Waals surface area contributed by atoms with E-state index in [2.05, 4.69) is 6.07 Å². The summed E-state index contributed by atoms with van der Waals surface area (Å²) in [7, 11) is 1.66. The predicted molar refractivity (Wildman–Crippen MR) is 64.7 cm³/mol. The van der Waals surface area contributed by atoms with Crippen LogP contribution < -0.4 is 10.5 Å². The molecule has 0 unspecified atom stereocenters. The Hall–Kier alpha value is -0.730. The highest BCUT2D eigenvalue weighted by atomic mass is 35.5. The third-order valence-corrected chi connectivity index (χ3v) is 2.65. The molecule has 1 aromatic carbocycles. The number of rotatable bonds is 5. The van der Waals surface area contributed by atoms with Crippen LogP contribution in [0.2, 0.25) is 5.02 Å². The van der Waals surface area contributed by atoms with Gasteiger partial charge in [-0.2, -0.15) is 0 Å². The molecular formula is C12H18ClNO. The quantitative estimate of drug-likeness (QED) is 0.785. The SMILES string of the molecule is COc1c(Cl)cc(C)cc1CCCCN. The van der Waals surface area contributed by atoms with E-state index in [9.17, 15) is 0 Å². The Labute approximate surface area is 96.4 Å². The second-order valence-electron chi connectivity index (χ2n) is 3.68. The fourth-order valence-corrected chi connectivity index (χ4v) is 2.05. The standard InChI is InChI=1S/C12H18ClNO/c1-9-7-10(5-3-4-6-14)12(15-2)11(13)8-9/h7-8H,3-6,14H2,1-2H3.